The van der Waals surface area contributed by atoms with Crippen LogP contribution in [-0.4, -0.2) is 25.3 Å². The molecule has 1 N–H and O–H groups in total. The molecule has 0 aromatic heterocycles. The van der Waals surface area contributed by atoms with Gasteiger partial charge in [0.25, 0.3) is 0 Å². The zero-order valence-electron chi connectivity index (χ0n) is 9.64. The number of nitrogens with zero attached hydrogens (tertiary/aromatic N) is 1. The first-order valence-electron chi connectivity index (χ1n) is 4.95. The number of methoxy groups -OCH3 is 2. The minimum atomic E-state index is -1.02. The van der Waals surface area contributed by atoms with Gasteiger partial charge in [-0.1, -0.05) is 6.07 Å². The van der Waals surface area contributed by atoms with Crippen molar-refractivity contribution in [3.63, 3.8) is 0 Å². The molecule has 0 heterocycles. The number of aliphatic carboxylic acids is 1. The Morgan fingerprint density at radius 3 is 2.65 bits per heavy atom. The van der Waals surface area contributed by atoms with Crippen molar-refractivity contribution in [1.29, 1.82) is 5.26 Å². The second-order valence-electron chi connectivity index (χ2n) is 3.39. The summed E-state index contributed by atoms with van der Waals surface area (Å²) in [6.45, 7) is 0. The van der Waals surface area contributed by atoms with Crippen molar-refractivity contribution in [3.05, 3.63) is 23.8 Å². The molecule has 1 aromatic rings. The highest BCUT2D eigenvalue weighted by Gasteiger charge is 2.19. The van der Waals surface area contributed by atoms with Gasteiger partial charge in [0.05, 0.1) is 32.6 Å². The van der Waals surface area contributed by atoms with Gasteiger partial charge >= 0.3 is 5.97 Å². The van der Waals surface area contributed by atoms with Crippen LogP contribution in [-0.2, 0) is 4.79 Å². The highest BCUT2D eigenvalue weighted by Crippen LogP contribution is 2.31. The molecule has 0 saturated carbocycles. The van der Waals surface area contributed by atoms with Gasteiger partial charge < -0.3 is 14.6 Å². The smallest absolute Gasteiger partial charge is 0.305 e. The van der Waals surface area contributed by atoms with Gasteiger partial charge in [-0.25, -0.2) is 0 Å². The summed E-state index contributed by atoms with van der Waals surface area (Å²) in [4.78, 5) is 10.6. The van der Waals surface area contributed by atoms with E-state index in [1.54, 1.807) is 18.2 Å². The van der Waals surface area contributed by atoms with Crippen LogP contribution in [0, 0.1) is 11.3 Å². The van der Waals surface area contributed by atoms with Gasteiger partial charge in [0.15, 0.2) is 0 Å². The number of carboxylic acids is 1. The van der Waals surface area contributed by atoms with E-state index in [1.807, 2.05) is 6.07 Å². The van der Waals surface area contributed by atoms with E-state index >= 15 is 0 Å². The lowest BCUT2D eigenvalue weighted by molar-refractivity contribution is -0.137. The third kappa shape index (κ3) is 3.11. The number of hydrogen-bond donors (Lipinski definition) is 1. The van der Waals surface area contributed by atoms with Crippen molar-refractivity contribution in [1.82, 2.24) is 0 Å². The lowest BCUT2D eigenvalue weighted by Gasteiger charge is -2.13. The van der Waals surface area contributed by atoms with Crippen molar-refractivity contribution in [3.8, 4) is 17.6 Å². The lowest BCUT2D eigenvalue weighted by atomic mass is 9.96. The fourth-order valence-corrected chi connectivity index (χ4v) is 1.51. The Balaban J connectivity index is 3.11. The van der Waals surface area contributed by atoms with Gasteiger partial charge in [-0.3, -0.25) is 4.79 Å². The topological polar surface area (TPSA) is 79.5 Å². The first-order chi connectivity index (χ1) is 8.12. The van der Waals surface area contributed by atoms with E-state index in [4.69, 9.17) is 19.8 Å². The van der Waals surface area contributed by atoms with E-state index in [2.05, 4.69) is 0 Å². The fraction of sp³-hybridized carbons (Fsp3) is 0.333. The van der Waals surface area contributed by atoms with Crippen molar-refractivity contribution in [2.45, 2.75) is 12.3 Å². The Morgan fingerprint density at radius 2 is 2.18 bits per heavy atom. The Bertz CT molecular complexity index is 450. The third-order valence-corrected chi connectivity index (χ3v) is 2.35. The molecule has 17 heavy (non-hydrogen) atoms. The zero-order chi connectivity index (χ0) is 12.8. The maximum absolute atomic E-state index is 10.6. The molecule has 0 saturated heterocycles. The van der Waals surface area contributed by atoms with Crippen molar-refractivity contribution in [2.75, 3.05) is 14.2 Å². The normalized spacial score (nSPS) is 11.4. The van der Waals surface area contributed by atoms with Crippen LogP contribution in [0.25, 0.3) is 0 Å². The molecular formula is C12H13NO4. The van der Waals surface area contributed by atoms with Gasteiger partial charge in [-0.15, -0.1) is 0 Å². The van der Waals surface area contributed by atoms with Gasteiger partial charge in [0.1, 0.15) is 11.5 Å². The van der Waals surface area contributed by atoms with Crippen molar-refractivity contribution in [2.24, 2.45) is 0 Å². The summed E-state index contributed by atoms with van der Waals surface area (Å²) in [5.41, 5.74) is 0.554. The van der Waals surface area contributed by atoms with Gasteiger partial charge in [-0.05, 0) is 6.07 Å². The Hall–Kier alpha value is -2.22. The quantitative estimate of drug-likeness (QED) is 0.841. The van der Waals surface area contributed by atoms with E-state index in [0.717, 1.165) is 0 Å². The monoisotopic (exact) mass is 235 g/mol. The number of nitriles is 1. The van der Waals surface area contributed by atoms with Crippen LogP contribution >= 0.6 is 0 Å². The summed E-state index contributed by atoms with van der Waals surface area (Å²) in [6.07, 6.45) is -0.251. The number of rotatable bonds is 5. The number of benzene rings is 1. The average molecular weight is 235 g/mol. The van der Waals surface area contributed by atoms with Gasteiger partial charge in [0, 0.05) is 11.6 Å². The number of ether oxygens (including phenoxy) is 2. The Morgan fingerprint density at radius 1 is 1.47 bits per heavy atom. The second-order valence-corrected chi connectivity index (χ2v) is 3.39. The van der Waals surface area contributed by atoms with E-state index in [-0.39, 0.29) is 6.42 Å². The second kappa shape index (κ2) is 5.75. The van der Waals surface area contributed by atoms with Crippen LogP contribution in [0.5, 0.6) is 11.5 Å². The molecule has 0 bridgehead atoms. The van der Waals surface area contributed by atoms with E-state index in [0.29, 0.717) is 17.1 Å². The molecule has 0 spiro atoms. The molecule has 1 rings (SSSR count). The number of hydrogen-bond acceptors (Lipinski definition) is 4. The predicted octanol–water partition coefficient (Wildman–Crippen LogP) is 1.79. The van der Waals surface area contributed by atoms with Crippen LogP contribution < -0.4 is 9.47 Å². The van der Waals surface area contributed by atoms with Crippen LogP contribution in [0.4, 0.5) is 0 Å². The molecule has 0 amide bonds. The fourth-order valence-electron chi connectivity index (χ4n) is 1.51. The largest absolute Gasteiger partial charge is 0.497 e. The minimum Gasteiger partial charge on any atom is -0.497 e. The molecule has 0 fully saturated rings. The molecular weight excluding hydrogens is 222 g/mol. The van der Waals surface area contributed by atoms with Crippen LogP contribution in [0.3, 0.4) is 0 Å². The summed E-state index contributed by atoms with van der Waals surface area (Å²) in [6, 6.07) is 6.90. The predicted molar refractivity (Wildman–Crippen MR) is 60.2 cm³/mol. The average Bonchev–Trinajstić information content (AvgIpc) is 2.35. The Kier molecular flexibility index (Phi) is 4.35. The molecule has 0 aliphatic carbocycles. The maximum atomic E-state index is 10.6. The third-order valence-electron chi connectivity index (χ3n) is 2.35. The molecule has 1 atom stereocenters. The SMILES string of the molecule is COc1ccc(C(C#N)CC(=O)O)c(OC)c1. The van der Waals surface area contributed by atoms with Gasteiger partial charge in [-0.2, -0.15) is 5.26 Å². The standard InChI is InChI=1S/C12H13NO4/c1-16-9-3-4-10(11(6-9)17-2)8(7-13)5-12(14)15/h3-4,6,8H,5H2,1-2H3,(H,14,15). The van der Waals surface area contributed by atoms with E-state index < -0.39 is 11.9 Å². The zero-order valence-corrected chi connectivity index (χ0v) is 9.64. The molecule has 5 nitrogen and oxygen atoms in total. The Labute approximate surface area is 99.2 Å². The van der Waals surface area contributed by atoms with E-state index in [9.17, 15) is 4.79 Å². The summed E-state index contributed by atoms with van der Waals surface area (Å²) >= 11 is 0. The molecule has 0 aliphatic heterocycles. The summed E-state index contributed by atoms with van der Waals surface area (Å²) in [5, 5.41) is 17.7. The molecule has 5 heteroatoms. The first-order valence-corrected chi connectivity index (χ1v) is 4.95. The summed E-state index contributed by atoms with van der Waals surface area (Å²) in [5.74, 6) is -0.697. The highest BCUT2D eigenvalue weighted by molar-refractivity contribution is 5.69. The highest BCUT2D eigenvalue weighted by atomic mass is 16.5. The minimum absolute atomic E-state index is 0.251. The van der Waals surface area contributed by atoms with Crippen LogP contribution in [0.2, 0.25) is 0 Å². The molecule has 0 radical (unpaired) electrons. The number of carboxylic acid groups (broad SMARTS) is 1. The molecule has 1 aromatic carbocycles. The molecule has 0 aliphatic rings. The van der Waals surface area contributed by atoms with E-state index in [1.165, 1.54) is 14.2 Å². The molecule has 1 unspecified atom stereocenters. The van der Waals surface area contributed by atoms with Crippen molar-refractivity contribution < 1.29 is 19.4 Å². The molecule has 90 valence electrons. The maximum Gasteiger partial charge on any atom is 0.305 e. The van der Waals surface area contributed by atoms with Crippen LogP contribution in [0.15, 0.2) is 18.2 Å². The summed E-state index contributed by atoms with van der Waals surface area (Å²) in [7, 11) is 2.99. The number of carbonyl (C=O) groups is 1. The summed E-state index contributed by atoms with van der Waals surface area (Å²) < 4.78 is 10.2. The van der Waals surface area contributed by atoms with Crippen molar-refractivity contribution >= 4 is 5.97 Å². The van der Waals surface area contributed by atoms with Crippen LogP contribution in [0.1, 0.15) is 17.9 Å². The van der Waals surface area contributed by atoms with Gasteiger partial charge in [0.2, 0.25) is 0 Å². The lowest BCUT2D eigenvalue weighted by Crippen LogP contribution is -2.06. The first kappa shape index (κ1) is 12.8.